The number of thiazole rings is 1. The fourth-order valence-electron chi connectivity index (χ4n) is 1.58. The minimum absolute atomic E-state index is 0.124. The Labute approximate surface area is 125 Å². The molecule has 0 atom stereocenters. The standard InChI is InChI=1S/C14H25N3O2S/c1-11(2)9-19-8-4-6-15-14(18)16-7-5-13-10-20-12(3)17-13/h10-11H,4-9H2,1-3H3,(H2,15,16,18). The number of aryl methyl sites for hydroxylation is 1. The summed E-state index contributed by atoms with van der Waals surface area (Å²) < 4.78 is 5.44. The van der Waals surface area contributed by atoms with Gasteiger partial charge in [-0.25, -0.2) is 9.78 Å². The number of urea groups is 1. The van der Waals surface area contributed by atoms with Crippen LogP contribution in [0.4, 0.5) is 4.79 Å². The van der Waals surface area contributed by atoms with Crippen molar-refractivity contribution >= 4 is 17.4 Å². The molecule has 0 radical (unpaired) electrons. The Kier molecular flexibility index (Phi) is 8.22. The fraction of sp³-hybridized carbons (Fsp3) is 0.714. The number of amides is 2. The monoisotopic (exact) mass is 299 g/mol. The van der Waals surface area contributed by atoms with Crippen molar-refractivity contribution in [2.24, 2.45) is 5.92 Å². The summed E-state index contributed by atoms with van der Waals surface area (Å²) >= 11 is 1.63. The van der Waals surface area contributed by atoms with Crippen molar-refractivity contribution in [2.75, 3.05) is 26.3 Å². The van der Waals surface area contributed by atoms with Gasteiger partial charge in [-0.1, -0.05) is 13.8 Å². The van der Waals surface area contributed by atoms with Crippen LogP contribution in [-0.4, -0.2) is 37.3 Å². The average molecular weight is 299 g/mol. The third-order valence-corrected chi connectivity index (χ3v) is 3.36. The van der Waals surface area contributed by atoms with Crippen LogP contribution in [0.25, 0.3) is 0 Å². The Morgan fingerprint density at radius 1 is 1.40 bits per heavy atom. The molecule has 0 saturated heterocycles. The lowest BCUT2D eigenvalue weighted by atomic mass is 10.2. The van der Waals surface area contributed by atoms with Gasteiger partial charge in [0.05, 0.1) is 10.7 Å². The predicted molar refractivity (Wildman–Crippen MR) is 82.2 cm³/mol. The molecule has 0 unspecified atom stereocenters. The number of nitrogens with one attached hydrogen (secondary N) is 2. The zero-order valence-electron chi connectivity index (χ0n) is 12.6. The van der Waals surface area contributed by atoms with E-state index in [-0.39, 0.29) is 6.03 Å². The molecule has 1 aromatic rings. The number of aromatic nitrogens is 1. The first-order chi connectivity index (χ1) is 9.58. The number of rotatable bonds is 9. The maximum atomic E-state index is 11.5. The van der Waals surface area contributed by atoms with E-state index in [1.165, 1.54) is 0 Å². The van der Waals surface area contributed by atoms with Gasteiger partial charge in [0.2, 0.25) is 0 Å². The Morgan fingerprint density at radius 3 is 2.80 bits per heavy atom. The summed E-state index contributed by atoms with van der Waals surface area (Å²) in [5, 5.41) is 8.73. The van der Waals surface area contributed by atoms with E-state index >= 15 is 0 Å². The molecular weight excluding hydrogens is 274 g/mol. The molecule has 0 aliphatic rings. The minimum atomic E-state index is -0.124. The quantitative estimate of drug-likeness (QED) is 0.688. The van der Waals surface area contributed by atoms with Gasteiger partial charge in [-0.15, -0.1) is 11.3 Å². The van der Waals surface area contributed by atoms with Crippen molar-refractivity contribution < 1.29 is 9.53 Å². The summed E-state index contributed by atoms with van der Waals surface area (Å²) in [7, 11) is 0. The van der Waals surface area contributed by atoms with E-state index in [1.807, 2.05) is 12.3 Å². The van der Waals surface area contributed by atoms with E-state index in [2.05, 4.69) is 29.5 Å². The van der Waals surface area contributed by atoms with Crippen molar-refractivity contribution in [1.29, 1.82) is 0 Å². The molecule has 1 heterocycles. The number of carbonyl (C=O) groups is 1. The maximum absolute atomic E-state index is 11.5. The van der Waals surface area contributed by atoms with Crippen molar-refractivity contribution in [3.05, 3.63) is 16.1 Å². The molecule has 0 aliphatic carbocycles. The molecule has 5 nitrogen and oxygen atoms in total. The molecule has 0 fully saturated rings. The molecule has 0 bridgehead atoms. The Hall–Kier alpha value is -1.14. The van der Waals surface area contributed by atoms with Crippen LogP contribution in [0.5, 0.6) is 0 Å². The topological polar surface area (TPSA) is 63.2 Å². The molecule has 6 heteroatoms. The van der Waals surface area contributed by atoms with Crippen LogP contribution in [0, 0.1) is 12.8 Å². The van der Waals surface area contributed by atoms with E-state index in [0.29, 0.717) is 25.6 Å². The summed E-state index contributed by atoms with van der Waals surface area (Å²) in [5.74, 6) is 0.556. The second-order valence-corrected chi connectivity index (χ2v) is 6.18. The maximum Gasteiger partial charge on any atom is 0.314 e. The molecule has 1 aromatic heterocycles. The molecule has 0 spiro atoms. The third-order valence-electron chi connectivity index (χ3n) is 2.54. The van der Waals surface area contributed by atoms with Crippen LogP contribution in [0.1, 0.15) is 31.0 Å². The van der Waals surface area contributed by atoms with Crippen molar-refractivity contribution in [3.8, 4) is 0 Å². The Bertz CT molecular complexity index is 394. The van der Waals surface area contributed by atoms with Gasteiger partial charge < -0.3 is 15.4 Å². The van der Waals surface area contributed by atoms with E-state index in [0.717, 1.165) is 30.2 Å². The second-order valence-electron chi connectivity index (χ2n) is 5.11. The predicted octanol–water partition coefficient (Wildman–Crippen LogP) is 2.36. The van der Waals surface area contributed by atoms with Gasteiger partial charge in [0.25, 0.3) is 0 Å². The van der Waals surface area contributed by atoms with Gasteiger partial charge in [0.15, 0.2) is 0 Å². The zero-order valence-corrected chi connectivity index (χ0v) is 13.4. The van der Waals surface area contributed by atoms with Crippen molar-refractivity contribution in [2.45, 2.75) is 33.6 Å². The number of nitrogens with zero attached hydrogens (tertiary/aromatic N) is 1. The van der Waals surface area contributed by atoms with Crippen LogP contribution < -0.4 is 10.6 Å². The van der Waals surface area contributed by atoms with Gasteiger partial charge in [0.1, 0.15) is 0 Å². The third kappa shape index (κ3) is 8.12. The second kappa shape index (κ2) is 9.72. The lowest BCUT2D eigenvalue weighted by Crippen LogP contribution is -2.37. The SMILES string of the molecule is Cc1nc(CCNC(=O)NCCCOCC(C)C)cs1. The smallest absolute Gasteiger partial charge is 0.314 e. The first kappa shape index (κ1) is 16.9. The summed E-state index contributed by atoms with van der Waals surface area (Å²) in [6.45, 7) is 8.94. The fourth-order valence-corrected chi connectivity index (χ4v) is 2.23. The van der Waals surface area contributed by atoms with Gasteiger partial charge in [0, 0.05) is 38.1 Å². The van der Waals surface area contributed by atoms with Crippen molar-refractivity contribution in [1.82, 2.24) is 15.6 Å². The minimum Gasteiger partial charge on any atom is -0.381 e. The lowest BCUT2D eigenvalue weighted by molar-refractivity contribution is 0.108. The molecule has 1 rings (SSSR count). The number of hydrogen-bond acceptors (Lipinski definition) is 4. The largest absolute Gasteiger partial charge is 0.381 e. The van der Waals surface area contributed by atoms with Crippen LogP contribution >= 0.6 is 11.3 Å². The molecule has 114 valence electrons. The number of carbonyl (C=O) groups excluding carboxylic acids is 1. The summed E-state index contributed by atoms with van der Waals surface area (Å²) in [6.07, 6.45) is 1.61. The lowest BCUT2D eigenvalue weighted by Gasteiger charge is -2.08. The van der Waals surface area contributed by atoms with E-state index in [4.69, 9.17) is 4.74 Å². The zero-order chi connectivity index (χ0) is 14.8. The van der Waals surface area contributed by atoms with Crippen LogP contribution in [-0.2, 0) is 11.2 Å². The molecular formula is C14H25N3O2S. The summed E-state index contributed by atoms with van der Waals surface area (Å²) in [6, 6.07) is -0.124. The first-order valence-corrected chi connectivity index (χ1v) is 7.96. The summed E-state index contributed by atoms with van der Waals surface area (Å²) in [5.41, 5.74) is 1.04. The van der Waals surface area contributed by atoms with Crippen LogP contribution in [0.2, 0.25) is 0 Å². The highest BCUT2D eigenvalue weighted by molar-refractivity contribution is 7.09. The number of hydrogen-bond donors (Lipinski definition) is 2. The molecule has 0 aromatic carbocycles. The van der Waals surface area contributed by atoms with Crippen LogP contribution in [0.15, 0.2) is 5.38 Å². The highest BCUT2D eigenvalue weighted by atomic mass is 32.1. The summed E-state index contributed by atoms with van der Waals surface area (Å²) in [4.78, 5) is 15.8. The normalized spacial score (nSPS) is 10.8. The van der Waals surface area contributed by atoms with Gasteiger partial charge in [-0.05, 0) is 19.3 Å². The molecule has 2 amide bonds. The van der Waals surface area contributed by atoms with E-state index < -0.39 is 0 Å². The Morgan fingerprint density at radius 2 is 2.15 bits per heavy atom. The molecule has 0 saturated carbocycles. The molecule has 2 N–H and O–H groups in total. The van der Waals surface area contributed by atoms with E-state index in [1.54, 1.807) is 11.3 Å². The average Bonchev–Trinajstić information content (AvgIpc) is 2.79. The molecule has 0 aliphatic heterocycles. The van der Waals surface area contributed by atoms with Gasteiger partial charge >= 0.3 is 6.03 Å². The first-order valence-electron chi connectivity index (χ1n) is 7.08. The Balaban J connectivity index is 1.95. The van der Waals surface area contributed by atoms with Crippen molar-refractivity contribution in [3.63, 3.8) is 0 Å². The van der Waals surface area contributed by atoms with E-state index in [9.17, 15) is 4.79 Å². The highest BCUT2D eigenvalue weighted by Gasteiger charge is 2.01. The van der Waals surface area contributed by atoms with Gasteiger partial charge in [-0.2, -0.15) is 0 Å². The number of ether oxygens (including phenoxy) is 1. The molecule has 20 heavy (non-hydrogen) atoms. The van der Waals surface area contributed by atoms with Crippen LogP contribution in [0.3, 0.4) is 0 Å². The van der Waals surface area contributed by atoms with Gasteiger partial charge in [-0.3, -0.25) is 0 Å². The highest BCUT2D eigenvalue weighted by Crippen LogP contribution is 2.07.